The lowest BCUT2D eigenvalue weighted by atomic mass is 10.0. The summed E-state index contributed by atoms with van der Waals surface area (Å²) in [4.78, 5) is 11.4. The molecule has 0 spiro atoms. The van der Waals surface area contributed by atoms with Gasteiger partial charge >= 0.3 is 5.97 Å². The molecule has 0 aromatic heterocycles. The second-order valence-electron chi connectivity index (χ2n) is 6.28. The summed E-state index contributed by atoms with van der Waals surface area (Å²) in [6.45, 7) is 4.19. The van der Waals surface area contributed by atoms with Gasteiger partial charge in [-0.15, -0.1) is 0 Å². The number of aromatic carboxylic acids is 1. The molecule has 25 heavy (non-hydrogen) atoms. The van der Waals surface area contributed by atoms with Crippen LogP contribution >= 0.6 is 0 Å². The summed E-state index contributed by atoms with van der Waals surface area (Å²) in [6, 6.07) is 12.6. The van der Waals surface area contributed by atoms with E-state index in [2.05, 4.69) is 6.92 Å². The summed E-state index contributed by atoms with van der Waals surface area (Å²) >= 11 is 0. The standard InChI is InChI=1S/C21H26O4/c1-3-4-5-12-20(22)16-9-7-10-17(13-16)25-14-19-15(2)8-6-11-18(19)21(23)24/h6-11,13,20,22H,3-5,12,14H2,1-2H3,(H,23,24). The zero-order valence-corrected chi connectivity index (χ0v) is 14.9. The van der Waals surface area contributed by atoms with E-state index in [1.807, 2.05) is 37.3 Å². The molecule has 2 N–H and O–H groups in total. The van der Waals surface area contributed by atoms with E-state index in [-0.39, 0.29) is 12.2 Å². The van der Waals surface area contributed by atoms with E-state index in [0.29, 0.717) is 11.3 Å². The first-order valence-electron chi connectivity index (χ1n) is 8.75. The Balaban J connectivity index is 2.07. The van der Waals surface area contributed by atoms with Crippen molar-refractivity contribution in [1.29, 1.82) is 0 Å². The molecule has 0 aliphatic carbocycles. The summed E-state index contributed by atoms with van der Waals surface area (Å²) in [7, 11) is 0. The van der Waals surface area contributed by atoms with Crippen molar-refractivity contribution in [1.82, 2.24) is 0 Å². The molecule has 0 bridgehead atoms. The number of hydrogen-bond donors (Lipinski definition) is 2. The Kier molecular flexibility index (Phi) is 7.02. The van der Waals surface area contributed by atoms with Crippen LogP contribution in [-0.2, 0) is 6.61 Å². The maximum atomic E-state index is 11.4. The van der Waals surface area contributed by atoms with Gasteiger partial charge in [-0.3, -0.25) is 0 Å². The van der Waals surface area contributed by atoms with Gasteiger partial charge in [-0.2, -0.15) is 0 Å². The summed E-state index contributed by atoms with van der Waals surface area (Å²) in [6.07, 6.45) is 3.46. The first-order valence-corrected chi connectivity index (χ1v) is 8.75. The van der Waals surface area contributed by atoms with E-state index in [4.69, 9.17) is 4.74 Å². The lowest BCUT2D eigenvalue weighted by Crippen LogP contribution is -2.08. The number of benzene rings is 2. The van der Waals surface area contributed by atoms with Gasteiger partial charge in [-0.1, -0.05) is 50.5 Å². The predicted octanol–water partition coefficient (Wildman–Crippen LogP) is 4.89. The first kappa shape index (κ1) is 19.0. The number of rotatable bonds is 9. The highest BCUT2D eigenvalue weighted by molar-refractivity contribution is 5.89. The molecule has 0 fully saturated rings. The van der Waals surface area contributed by atoms with Crippen LogP contribution in [0.5, 0.6) is 5.75 Å². The molecule has 134 valence electrons. The second-order valence-corrected chi connectivity index (χ2v) is 6.28. The number of ether oxygens (including phenoxy) is 1. The smallest absolute Gasteiger partial charge is 0.336 e. The number of hydrogen-bond acceptors (Lipinski definition) is 3. The minimum Gasteiger partial charge on any atom is -0.489 e. The fraction of sp³-hybridized carbons (Fsp3) is 0.381. The minimum absolute atomic E-state index is 0.184. The highest BCUT2D eigenvalue weighted by Gasteiger charge is 2.13. The number of carboxylic acids is 1. The molecule has 1 unspecified atom stereocenters. The Morgan fingerprint density at radius 3 is 2.64 bits per heavy atom. The van der Waals surface area contributed by atoms with E-state index >= 15 is 0 Å². The highest BCUT2D eigenvalue weighted by atomic mass is 16.5. The molecule has 0 heterocycles. The maximum Gasteiger partial charge on any atom is 0.336 e. The number of aryl methyl sites for hydroxylation is 1. The molecule has 2 aromatic carbocycles. The maximum absolute atomic E-state index is 11.4. The molecule has 4 heteroatoms. The quantitative estimate of drug-likeness (QED) is 0.637. The lowest BCUT2D eigenvalue weighted by molar-refractivity contribution is 0.0693. The van der Waals surface area contributed by atoms with Crippen molar-refractivity contribution >= 4 is 5.97 Å². The molecule has 1 atom stereocenters. The van der Waals surface area contributed by atoms with Crippen molar-refractivity contribution < 1.29 is 19.7 Å². The SMILES string of the molecule is CCCCCC(O)c1cccc(OCc2c(C)cccc2C(=O)O)c1. The minimum atomic E-state index is -0.956. The normalized spacial score (nSPS) is 12.0. The van der Waals surface area contributed by atoms with Crippen LogP contribution < -0.4 is 4.74 Å². The van der Waals surface area contributed by atoms with Crippen LogP contribution in [0.2, 0.25) is 0 Å². The average molecular weight is 342 g/mol. The third kappa shape index (κ3) is 5.33. The molecule has 0 saturated carbocycles. The Bertz CT molecular complexity index is 709. The topological polar surface area (TPSA) is 66.8 Å². The van der Waals surface area contributed by atoms with E-state index in [1.165, 1.54) is 0 Å². The van der Waals surface area contributed by atoms with Crippen LogP contribution in [0.3, 0.4) is 0 Å². The highest BCUT2D eigenvalue weighted by Crippen LogP contribution is 2.25. The van der Waals surface area contributed by atoms with Crippen molar-refractivity contribution in [3.8, 4) is 5.75 Å². The molecule has 0 aliphatic heterocycles. The van der Waals surface area contributed by atoms with E-state index in [0.717, 1.165) is 36.8 Å². The van der Waals surface area contributed by atoms with Gasteiger partial charge in [-0.25, -0.2) is 4.79 Å². The van der Waals surface area contributed by atoms with Crippen molar-refractivity contribution in [2.24, 2.45) is 0 Å². The zero-order chi connectivity index (χ0) is 18.2. The third-order valence-corrected chi connectivity index (χ3v) is 4.35. The molecular weight excluding hydrogens is 316 g/mol. The zero-order valence-electron chi connectivity index (χ0n) is 14.9. The van der Waals surface area contributed by atoms with E-state index < -0.39 is 12.1 Å². The van der Waals surface area contributed by atoms with Gasteiger partial charge in [0.2, 0.25) is 0 Å². The predicted molar refractivity (Wildman–Crippen MR) is 98.0 cm³/mol. The van der Waals surface area contributed by atoms with Crippen LogP contribution in [0, 0.1) is 6.92 Å². The fourth-order valence-corrected chi connectivity index (χ4v) is 2.82. The molecule has 0 aliphatic rings. The van der Waals surface area contributed by atoms with Gasteiger partial charge < -0.3 is 14.9 Å². The number of aliphatic hydroxyl groups excluding tert-OH is 1. The van der Waals surface area contributed by atoms with Gasteiger partial charge in [0, 0.05) is 5.56 Å². The molecule has 2 rings (SSSR count). The molecule has 0 radical (unpaired) electrons. The van der Waals surface area contributed by atoms with Crippen LogP contribution in [-0.4, -0.2) is 16.2 Å². The molecule has 0 amide bonds. The first-order chi connectivity index (χ1) is 12.0. The summed E-state index contributed by atoms with van der Waals surface area (Å²) in [5.74, 6) is -0.325. The molecule has 2 aromatic rings. The molecule has 4 nitrogen and oxygen atoms in total. The third-order valence-electron chi connectivity index (χ3n) is 4.35. The van der Waals surface area contributed by atoms with Crippen LogP contribution in [0.1, 0.15) is 65.8 Å². The van der Waals surface area contributed by atoms with Crippen LogP contribution in [0.4, 0.5) is 0 Å². The Labute approximate surface area is 149 Å². The van der Waals surface area contributed by atoms with Crippen LogP contribution in [0.15, 0.2) is 42.5 Å². The van der Waals surface area contributed by atoms with Gasteiger partial charge in [0.05, 0.1) is 11.7 Å². The van der Waals surface area contributed by atoms with Crippen molar-refractivity contribution in [2.45, 2.75) is 52.2 Å². The largest absolute Gasteiger partial charge is 0.489 e. The fourth-order valence-electron chi connectivity index (χ4n) is 2.82. The lowest BCUT2D eigenvalue weighted by Gasteiger charge is -2.14. The van der Waals surface area contributed by atoms with E-state index in [9.17, 15) is 15.0 Å². The average Bonchev–Trinajstić information content (AvgIpc) is 2.60. The Morgan fingerprint density at radius 2 is 1.92 bits per heavy atom. The second kappa shape index (κ2) is 9.23. The van der Waals surface area contributed by atoms with E-state index in [1.54, 1.807) is 12.1 Å². The summed E-state index contributed by atoms with van der Waals surface area (Å²) in [5.41, 5.74) is 2.65. The summed E-state index contributed by atoms with van der Waals surface area (Å²) in [5, 5.41) is 19.6. The molecular formula is C21H26O4. The monoisotopic (exact) mass is 342 g/mol. The van der Waals surface area contributed by atoms with Gasteiger partial charge in [-0.05, 0) is 42.7 Å². The van der Waals surface area contributed by atoms with Crippen molar-refractivity contribution in [3.05, 3.63) is 64.7 Å². The van der Waals surface area contributed by atoms with Crippen molar-refractivity contribution in [2.75, 3.05) is 0 Å². The van der Waals surface area contributed by atoms with Crippen molar-refractivity contribution in [3.63, 3.8) is 0 Å². The Hall–Kier alpha value is -2.33. The number of carbonyl (C=O) groups is 1. The Morgan fingerprint density at radius 1 is 1.16 bits per heavy atom. The molecule has 0 saturated heterocycles. The van der Waals surface area contributed by atoms with Gasteiger partial charge in [0.25, 0.3) is 0 Å². The van der Waals surface area contributed by atoms with Gasteiger partial charge in [0.1, 0.15) is 12.4 Å². The number of aliphatic hydroxyl groups is 1. The summed E-state index contributed by atoms with van der Waals surface area (Å²) < 4.78 is 5.81. The number of carboxylic acid groups (broad SMARTS) is 1. The van der Waals surface area contributed by atoms with Gasteiger partial charge in [0.15, 0.2) is 0 Å². The van der Waals surface area contributed by atoms with Crippen LogP contribution in [0.25, 0.3) is 0 Å². The number of unbranched alkanes of at least 4 members (excludes halogenated alkanes) is 2.